The zero-order valence-electron chi connectivity index (χ0n) is 10.8. The molecule has 3 nitrogen and oxygen atoms in total. The number of para-hydroxylation sites is 1. The predicted molar refractivity (Wildman–Crippen MR) is 72.3 cm³/mol. The number of pyridine rings is 1. The SMILES string of the molecule is NCc1ccc(-c2cc3cccc(C(F)(F)F)c3o2)nc1. The molecule has 2 aromatic heterocycles. The van der Waals surface area contributed by atoms with Gasteiger partial charge in [0.25, 0.3) is 0 Å². The number of nitrogens with two attached hydrogens (primary N) is 1. The van der Waals surface area contributed by atoms with Crippen molar-refractivity contribution < 1.29 is 17.6 Å². The Morgan fingerprint density at radius 3 is 2.57 bits per heavy atom. The lowest BCUT2D eigenvalue weighted by Crippen LogP contribution is -2.04. The number of hydrogen-bond acceptors (Lipinski definition) is 3. The van der Waals surface area contributed by atoms with Crippen LogP contribution in [-0.4, -0.2) is 4.98 Å². The van der Waals surface area contributed by atoms with Gasteiger partial charge in [0.2, 0.25) is 0 Å². The smallest absolute Gasteiger partial charge is 0.420 e. The van der Waals surface area contributed by atoms with Gasteiger partial charge in [0.1, 0.15) is 11.3 Å². The van der Waals surface area contributed by atoms with Crippen LogP contribution in [0.3, 0.4) is 0 Å². The van der Waals surface area contributed by atoms with Gasteiger partial charge in [0, 0.05) is 18.1 Å². The molecule has 2 N–H and O–H groups in total. The molecule has 0 aliphatic carbocycles. The van der Waals surface area contributed by atoms with E-state index in [2.05, 4.69) is 4.98 Å². The molecule has 0 amide bonds. The third-order valence-electron chi connectivity index (χ3n) is 3.16. The zero-order valence-corrected chi connectivity index (χ0v) is 10.8. The molecule has 0 saturated heterocycles. The molecule has 0 unspecified atom stereocenters. The molecule has 0 aliphatic rings. The lowest BCUT2D eigenvalue weighted by molar-refractivity contribution is -0.136. The number of aromatic nitrogens is 1. The summed E-state index contributed by atoms with van der Waals surface area (Å²) in [6.07, 6.45) is -2.88. The van der Waals surface area contributed by atoms with Crippen LogP contribution in [0.2, 0.25) is 0 Å². The summed E-state index contributed by atoms with van der Waals surface area (Å²) in [7, 11) is 0. The largest absolute Gasteiger partial charge is 0.454 e. The van der Waals surface area contributed by atoms with Crippen LogP contribution in [0.1, 0.15) is 11.1 Å². The number of rotatable bonds is 2. The first-order valence-electron chi connectivity index (χ1n) is 6.24. The molecule has 0 radical (unpaired) electrons. The molecule has 21 heavy (non-hydrogen) atoms. The Hall–Kier alpha value is -2.34. The van der Waals surface area contributed by atoms with Gasteiger partial charge in [-0.1, -0.05) is 18.2 Å². The van der Waals surface area contributed by atoms with E-state index >= 15 is 0 Å². The fraction of sp³-hybridized carbons (Fsp3) is 0.133. The van der Waals surface area contributed by atoms with E-state index in [0.717, 1.165) is 11.6 Å². The monoisotopic (exact) mass is 292 g/mol. The molecule has 108 valence electrons. The average molecular weight is 292 g/mol. The minimum atomic E-state index is -4.45. The molecular formula is C15H11F3N2O. The third-order valence-corrected chi connectivity index (χ3v) is 3.16. The summed E-state index contributed by atoms with van der Waals surface area (Å²) in [5.74, 6) is 0.297. The number of fused-ring (bicyclic) bond motifs is 1. The minimum Gasteiger partial charge on any atom is -0.454 e. The Bertz CT molecular complexity index is 776. The first kappa shape index (κ1) is 13.6. The van der Waals surface area contributed by atoms with Gasteiger partial charge in [-0.3, -0.25) is 4.98 Å². The van der Waals surface area contributed by atoms with Gasteiger partial charge in [-0.05, 0) is 23.8 Å². The Balaban J connectivity index is 2.12. The van der Waals surface area contributed by atoms with Crippen LogP contribution in [0.15, 0.2) is 47.0 Å². The molecule has 0 spiro atoms. The van der Waals surface area contributed by atoms with Crippen LogP contribution >= 0.6 is 0 Å². The molecule has 0 saturated carbocycles. The van der Waals surface area contributed by atoms with Crippen molar-refractivity contribution >= 4 is 11.0 Å². The summed E-state index contributed by atoms with van der Waals surface area (Å²) in [5, 5.41) is 0.393. The maximum Gasteiger partial charge on any atom is 0.420 e. The molecule has 0 bridgehead atoms. The highest BCUT2D eigenvalue weighted by atomic mass is 19.4. The van der Waals surface area contributed by atoms with Crippen molar-refractivity contribution in [2.45, 2.75) is 12.7 Å². The van der Waals surface area contributed by atoms with E-state index in [9.17, 15) is 13.2 Å². The normalized spacial score (nSPS) is 12.0. The Morgan fingerprint density at radius 1 is 1.14 bits per heavy atom. The van der Waals surface area contributed by atoms with Crippen LogP contribution in [-0.2, 0) is 12.7 Å². The van der Waals surface area contributed by atoms with Crippen molar-refractivity contribution in [1.29, 1.82) is 0 Å². The third kappa shape index (κ3) is 2.50. The van der Waals surface area contributed by atoms with Gasteiger partial charge in [0.05, 0.1) is 5.56 Å². The van der Waals surface area contributed by atoms with Gasteiger partial charge in [-0.2, -0.15) is 13.2 Å². The number of hydrogen-bond donors (Lipinski definition) is 1. The molecule has 2 heterocycles. The zero-order chi connectivity index (χ0) is 15.0. The second-order valence-corrected chi connectivity index (χ2v) is 4.59. The van der Waals surface area contributed by atoms with E-state index in [1.807, 2.05) is 0 Å². The van der Waals surface area contributed by atoms with Gasteiger partial charge in [-0.25, -0.2) is 0 Å². The van der Waals surface area contributed by atoms with Crippen molar-refractivity contribution in [1.82, 2.24) is 4.98 Å². The van der Waals surface area contributed by atoms with Crippen LogP contribution < -0.4 is 5.73 Å². The molecule has 3 rings (SSSR count). The van der Waals surface area contributed by atoms with Gasteiger partial charge >= 0.3 is 6.18 Å². The second-order valence-electron chi connectivity index (χ2n) is 4.59. The molecular weight excluding hydrogens is 281 g/mol. The summed E-state index contributed by atoms with van der Waals surface area (Å²) < 4.78 is 44.2. The lowest BCUT2D eigenvalue weighted by Gasteiger charge is -2.06. The van der Waals surface area contributed by atoms with E-state index in [1.165, 1.54) is 6.07 Å². The highest BCUT2D eigenvalue weighted by Gasteiger charge is 2.34. The number of alkyl halides is 3. The Labute approximate surface area is 118 Å². The van der Waals surface area contributed by atoms with E-state index in [0.29, 0.717) is 23.4 Å². The van der Waals surface area contributed by atoms with E-state index in [-0.39, 0.29) is 5.58 Å². The Morgan fingerprint density at radius 2 is 1.95 bits per heavy atom. The predicted octanol–water partition coefficient (Wildman–Crippen LogP) is 3.97. The van der Waals surface area contributed by atoms with Crippen molar-refractivity contribution in [3.05, 3.63) is 53.7 Å². The number of halogens is 3. The molecule has 1 aromatic carbocycles. The summed E-state index contributed by atoms with van der Waals surface area (Å²) in [4.78, 5) is 4.15. The van der Waals surface area contributed by atoms with E-state index in [4.69, 9.17) is 10.2 Å². The Kier molecular flexibility index (Phi) is 3.17. The van der Waals surface area contributed by atoms with Crippen LogP contribution in [0.4, 0.5) is 13.2 Å². The maximum atomic E-state index is 12.9. The minimum absolute atomic E-state index is 0.176. The van der Waals surface area contributed by atoms with Crippen molar-refractivity contribution in [3.63, 3.8) is 0 Å². The molecule has 0 fully saturated rings. The fourth-order valence-electron chi connectivity index (χ4n) is 2.10. The average Bonchev–Trinajstić information content (AvgIpc) is 2.90. The van der Waals surface area contributed by atoms with Gasteiger partial charge in [-0.15, -0.1) is 0 Å². The van der Waals surface area contributed by atoms with Crippen molar-refractivity contribution in [2.24, 2.45) is 5.73 Å². The molecule has 0 atom stereocenters. The lowest BCUT2D eigenvalue weighted by atomic mass is 10.1. The number of benzene rings is 1. The molecule has 0 aliphatic heterocycles. The van der Waals surface area contributed by atoms with Crippen LogP contribution in [0.5, 0.6) is 0 Å². The topological polar surface area (TPSA) is 52.0 Å². The van der Waals surface area contributed by atoms with Crippen LogP contribution in [0.25, 0.3) is 22.4 Å². The summed E-state index contributed by atoms with van der Waals surface area (Å²) in [6, 6.07) is 8.92. The van der Waals surface area contributed by atoms with Crippen molar-refractivity contribution in [2.75, 3.05) is 0 Å². The van der Waals surface area contributed by atoms with E-state index in [1.54, 1.807) is 30.5 Å². The molecule has 3 aromatic rings. The van der Waals surface area contributed by atoms with Crippen LogP contribution in [0, 0.1) is 0 Å². The van der Waals surface area contributed by atoms with Gasteiger partial charge < -0.3 is 10.2 Å². The highest BCUT2D eigenvalue weighted by molar-refractivity contribution is 5.85. The summed E-state index contributed by atoms with van der Waals surface area (Å²) in [6.45, 7) is 0.353. The highest BCUT2D eigenvalue weighted by Crippen LogP contribution is 2.37. The first-order chi connectivity index (χ1) is 9.99. The van der Waals surface area contributed by atoms with E-state index < -0.39 is 11.7 Å². The van der Waals surface area contributed by atoms with Crippen molar-refractivity contribution in [3.8, 4) is 11.5 Å². The summed E-state index contributed by atoms with van der Waals surface area (Å²) >= 11 is 0. The molecule has 6 heteroatoms. The fourth-order valence-corrected chi connectivity index (χ4v) is 2.10. The maximum absolute atomic E-state index is 12.9. The number of furan rings is 1. The summed E-state index contributed by atoms with van der Waals surface area (Å²) in [5.41, 5.74) is 5.82. The second kappa shape index (κ2) is 4.89. The standard InChI is InChI=1S/C15H11F3N2O/c16-15(17,18)11-3-1-2-10-6-13(21-14(10)11)12-5-4-9(7-19)8-20-12/h1-6,8H,7,19H2. The quantitative estimate of drug-likeness (QED) is 0.777. The first-order valence-corrected chi connectivity index (χ1v) is 6.24. The number of nitrogens with zero attached hydrogens (tertiary/aromatic N) is 1. The van der Waals surface area contributed by atoms with Gasteiger partial charge in [0.15, 0.2) is 5.76 Å².